The Bertz CT molecular complexity index is 891. The van der Waals surface area contributed by atoms with Gasteiger partial charge in [-0.1, -0.05) is 6.07 Å². The number of nitrogens with zero attached hydrogens (tertiary/aromatic N) is 1. The average Bonchev–Trinajstić information content (AvgIpc) is 2.70. The summed E-state index contributed by atoms with van der Waals surface area (Å²) >= 11 is 0. The molecular formula is C21H23N3O3. The number of hydrogen-bond acceptors (Lipinski definition) is 5. The molecule has 0 radical (unpaired) electrons. The molecule has 0 aliphatic heterocycles. The number of carbonyl (C=O) groups is 1. The van der Waals surface area contributed by atoms with E-state index in [1.807, 2.05) is 61.5 Å². The quantitative estimate of drug-likeness (QED) is 0.596. The van der Waals surface area contributed by atoms with Crippen LogP contribution in [0.2, 0.25) is 0 Å². The van der Waals surface area contributed by atoms with E-state index in [9.17, 15) is 4.79 Å². The highest BCUT2D eigenvalue weighted by molar-refractivity contribution is 6.03. The van der Waals surface area contributed by atoms with Crippen molar-refractivity contribution < 1.29 is 14.3 Å². The largest absolute Gasteiger partial charge is 0.491 e. The third-order valence-electron chi connectivity index (χ3n) is 4.09. The summed E-state index contributed by atoms with van der Waals surface area (Å²) in [6, 6.07) is 16.6. The predicted molar refractivity (Wildman–Crippen MR) is 107 cm³/mol. The fourth-order valence-corrected chi connectivity index (χ4v) is 2.66. The van der Waals surface area contributed by atoms with Gasteiger partial charge in [0.05, 0.1) is 17.8 Å². The normalized spacial score (nSPS) is 11.8. The van der Waals surface area contributed by atoms with E-state index in [4.69, 9.17) is 9.47 Å². The molecule has 1 aromatic heterocycles. The highest BCUT2D eigenvalue weighted by atomic mass is 16.5. The van der Waals surface area contributed by atoms with Crippen LogP contribution in [0.3, 0.4) is 0 Å². The molecule has 0 aliphatic rings. The first-order valence-electron chi connectivity index (χ1n) is 8.80. The Labute approximate surface area is 158 Å². The number of fused-ring (bicyclic) bond motifs is 1. The third kappa shape index (κ3) is 4.95. The van der Waals surface area contributed by atoms with Crippen molar-refractivity contribution in [3.05, 3.63) is 60.8 Å². The molecule has 3 rings (SSSR count). The van der Waals surface area contributed by atoms with Gasteiger partial charge < -0.3 is 20.1 Å². The number of amides is 1. The van der Waals surface area contributed by atoms with Gasteiger partial charge in [0.25, 0.3) is 0 Å². The predicted octanol–water partition coefficient (Wildman–Crippen LogP) is 3.70. The van der Waals surface area contributed by atoms with Crippen molar-refractivity contribution in [3.8, 4) is 5.75 Å². The van der Waals surface area contributed by atoms with E-state index in [1.54, 1.807) is 13.3 Å². The minimum Gasteiger partial charge on any atom is -0.491 e. The maximum Gasteiger partial charge on any atom is 0.246 e. The second-order valence-electron chi connectivity index (χ2n) is 6.10. The summed E-state index contributed by atoms with van der Waals surface area (Å²) in [4.78, 5) is 16.9. The van der Waals surface area contributed by atoms with E-state index in [-0.39, 0.29) is 5.91 Å². The van der Waals surface area contributed by atoms with Gasteiger partial charge in [-0.2, -0.15) is 0 Å². The van der Waals surface area contributed by atoms with Crippen LogP contribution in [0.4, 0.5) is 11.4 Å². The Morgan fingerprint density at radius 1 is 1.07 bits per heavy atom. The topological polar surface area (TPSA) is 72.5 Å². The summed E-state index contributed by atoms with van der Waals surface area (Å²) in [5.74, 6) is 0.643. The SMILES string of the molecule is COCCOc1ccc(NC(C)C(=O)Nc2cccc3ncccc23)cc1. The molecule has 6 nitrogen and oxygen atoms in total. The van der Waals surface area contributed by atoms with Crippen molar-refractivity contribution in [3.63, 3.8) is 0 Å². The smallest absolute Gasteiger partial charge is 0.246 e. The summed E-state index contributed by atoms with van der Waals surface area (Å²) in [7, 11) is 1.64. The fraction of sp³-hybridized carbons (Fsp3) is 0.238. The maximum atomic E-state index is 12.6. The van der Waals surface area contributed by atoms with Gasteiger partial charge >= 0.3 is 0 Å². The van der Waals surface area contributed by atoms with Crippen molar-refractivity contribution in [1.82, 2.24) is 4.98 Å². The average molecular weight is 365 g/mol. The second-order valence-corrected chi connectivity index (χ2v) is 6.10. The van der Waals surface area contributed by atoms with Gasteiger partial charge in [-0.05, 0) is 55.5 Å². The molecule has 1 heterocycles. The third-order valence-corrected chi connectivity index (χ3v) is 4.09. The van der Waals surface area contributed by atoms with Gasteiger partial charge in [-0.15, -0.1) is 0 Å². The van der Waals surface area contributed by atoms with Gasteiger partial charge in [0, 0.05) is 24.4 Å². The summed E-state index contributed by atoms with van der Waals surface area (Å²) in [6.45, 7) is 2.87. The van der Waals surface area contributed by atoms with Crippen LogP contribution in [0.1, 0.15) is 6.92 Å². The van der Waals surface area contributed by atoms with Crippen molar-refractivity contribution in [2.45, 2.75) is 13.0 Å². The van der Waals surface area contributed by atoms with Crippen molar-refractivity contribution >= 4 is 28.2 Å². The number of aromatic nitrogens is 1. The molecule has 6 heteroatoms. The molecule has 140 valence electrons. The van der Waals surface area contributed by atoms with E-state index in [0.29, 0.717) is 13.2 Å². The number of benzene rings is 2. The number of hydrogen-bond donors (Lipinski definition) is 2. The lowest BCUT2D eigenvalue weighted by Gasteiger charge is -2.16. The lowest BCUT2D eigenvalue weighted by molar-refractivity contribution is -0.116. The lowest BCUT2D eigenvalue weighted by atomic mass is 10.1. The zero-order valence-corrected chi connectivity index (χ0v) is 15.4. The molecule has 3 aromatic rings. The Morgan fingerprint density at radius 2 is 1.89 bits per heavy atom. The van der Waals surface area contributed by atoms with E-state index in [1.165, 1.54) is 0 Å². The summed E-state index contributed by atoms with van der Waals surface area (Å²) in [5.41, 5.74) is 2.44. The van der Waals surface area contributed by atoms with Crippen LogP contribution in [0.5, 0.6) is 5.75 Å². The Kier molecular flexibility index (Phi) is 6.22. The van der Waals surface area contributed by atoms with Crippen LogP contribution in [0.15, 0.2) is 60.8 Å². The van der Waals surface area contributed by atoms with Crippen LogP contribution in [-0.4, -0.2) is 37.3 Å². The van der Waals surface area contributed by atoms with E-state index in [0.717, 1.165) is 28.0 Å². The molecule has 1 unspecified atom stereocenters. The fourth-order valence-electron chi connectivity index (χ4n) is 2.66. The summed E-state index contributed by atoms with van der Waals surface area (Å²) in [5, 5.41) is 7.08. The Balaban J connectivity index is 1.60. The number of ether oxygens (including phenoxy) is 2. The molecule has 0 saturated heterocycles. The van der Waals surface area contributed by atoms with E-state index in [2.05, 4.69) is 15.6 Å². The number of anilines is 2. The molecule has 1 amide bonds. The van der Waals surface area contributed by atoms with Crippen LogP contribution in [-0.2, 0) is 9.53 Å². The van der Waals surface area contributed by atoms with E-state index < -0.39 is 6.04 Å². The molecule has 2 N–H and O–H groups in total. The number of methoxy groups -OCH3 is 1. The van der Waals surface area contributed by atoms with Gasteiger partial charge in [0.1, 0.15) is 18.4 Å². The lowest BCUT2D eigenvalue weighted by Crippen LogP contribution is -2.31. The zero-order valence-electron chi connectivity index (χ0n) is 15.4. The summed E-state index contributed by atoms with van der Waals surface area (Å²) in [6.07, 6.45) is 1.74. The standard InChI is InChI=1S/C21H23N3O3/c1-15(23-16-8-10-17(11-9-16)27-14-13-26-2)21(25)24-20-7-3-6-19-18(20)5-4-12-22-19/h3-12,15,23H,13-14H2,1-2H3,(H,24,25). The van der Waals surface area contributed by atoms with E-state index >= 15 is 0 Å². The molecule has 0 bridgehead atoms. The number of rotatable bonds is 8. The number of carbonyl (C=O) groups excluding carboxylic acids is 1. The van der Waals surface area contributed by atoms with Crippen LogP contribution < -0.4 is 15.4 Å². The Morgan fingerprint density at radius 3 is 2.67 bits per heavy atom. The van der Waals surface area contributed by atoms with Gasteiger partial charge in [-0.25, -0.2) is 0 Å². The molecule has 0 fully saturated rings. The number of pyridine rings is 1. The number of nitrogens with one attached hydrogen (secondary N) is 2. The first kappa shape index (κ1) is 18.7. The van der Waals surface area contributed by atoms with Gasteiger partial charge in [0.2, 0.25) is 5.91 Å². The minimum atomic E-state index is -0.405. The highest BCUT2D eigenvalue weighted by Gasteiger charge is 2.14. The maximum absolute atomic E-state index is 12.6. The van der Waals surface area contributed by atoms with Crippen LogP contribution in [0.25, 0.3) is 10.9 Å². The molecule has 1 atom stereocenters. The Hall–Kier alpha value is -3.12. The summed E-state index contributed by atoms with van der Waals surface area (Å²) < 4.78 is 10.5. The molecule has 0 spiro atoms. The first-order chi connectivity index (χ1) is 13.2. The van der Waals surface area contributed by atoms with Crippen LogP contribution >= 0.6 is 0 Å². The minimum absolute atomic E-state index is 0.119. The second kappa shape index (κ2) is 9.00. The van der Waals surface area contributed by atoms with Crippen molar-refractivity contribution in [1.29, 1.82) is 0 Å². The van der Waals surface area contributed by atoms with Crippen molar-refractivity contribution in [2.24, 2.45) is 0 Å². The van der Waals surface area contributed by atoms with Gasteiger partial charge in [0.15, 0.2) is 0 Å². The van der Waals surface area contributed by atoms with Gasteiger partial charge in [-0.3, -0.25) is 9.78 Å². The molecule has 27 heavy (non-hydrogen) atoms. The zero-order chi connectivity index (χ0) is 19.1. The molecule has 0 aliphatic carbocycles. The monoisotopic (exact) mass is 365 g/mol. The highest BCUT2D eigenvalue weighted by Crippen LogP contribution is 2.22. The molecular weight excluding hydrogens is 342 g/mol. The van der Waals surface area contributed by atoms with Crippen LogP contribution in [0, 0.1) is 0 Å². The first-order valence-corrected chi connectivity index (χ1v) is 8.80. The van der Waals surface area contributed by atoms with Crippen molar-refractivity contribution in [2.75, 3.05) is 31.0 Å². The molecule has 2 aromatic carbocycles. The molecule has 0 saturated carbocycles.